The first-order chi connectivity index (χ1) is 9.52. The van der Waals surface area contributed by atoms with Crippen LogP contribution in [0.1, 0.15) is 33.6 Å². The molecule has 1 aliphatic heterocycles. The quantitative estimate of drug-likeness (QED) is 0.874. The Morgan fingerprint density at radius 2 is 1.85 bits per heavy atom. The van der Waals surface area contributed by atoms with Crippen LogP contribution in [-0.4, -0.2) is 25.2 Å². The van der Waals surface area contributed by atoms with Crippen molar-refractivity contribution >= 4 is 28.9 Å². The smallest absolute Gasteiger partial charge is 0.0441 e. The average Bonchev–Trinajstić information content (AvgIpc) is 2.39. The molecule has 1 heterocycles. The van der Waals surface area contributed by atoms with Crippen molar-refractivity contribution in [3.05, 3.63) is 28.2 Å². The molecule has 1 N–H and O–H groups in total. The first-order valence-corrected chi connectivity index (χ1v) is 8.24. The first-order valence-electron chi connectivity index (χ1n) is 7.49. The fourth-order valence-electron chi connectivity index (χ4n) is 3.05. The highest BCUT2D eigenvalue weighted by Crippen LogP contribution is 2.32. The Kier molecular flexibility index (Phi) is 5.59. The maximum Gasteiger partial charge on any atom is 0.0441 e. The topological polar surface area (TPSA) is 15.3 Å². The number of halogens is 2. The predicted molar refractivity (Wildman–Crippen MR) is 89.1 cm³/mol. The summed E-state index contributed by atoms with van der Waals surface area (Å²) in [6, 6.07) is 6.90. The normalized spacial score (nSPS) is 26.9. The number of nitrogens with zero attached hydrogens (tertiary/aromatic N) is 1. The van der Waals surface area contributed by atoms with Gasteiger partial charge in [0.25, 0.3) is 0 Å². The molecule has 0 amide bonds. The second-order valence-corrected chi connectivity index (χ2v) is 6.64. The molecule has 1 saturated heterocycles. The third-order valence-corrected chi connectivity index (χ3v) is 4.84. The first kappa shape index (κ1) is 15.9. The molecule has 0 spiro atoms. The van der Waals surface area contributed by atoms with Crippen LogP contribution in [0.5, 0.6) is 0 Å². The fourth-order valence-corrected chi connectivity index (χ4v) is 3.57. The van der Waals surface area contributed by atoms with Crippen molar-refractivity contribution in [3.63, 3.8) is 0 Å². The van der Waals surface area contributed by atoms with Gasteiger partial charge < -0.3 is 10.2 Å². The molecule has 0 radical (unpaired) electrons. The Morgan fingerprint density at radius 3 is 2.45 bits per heavy atom. The van der Waals surface area contributed by atoms with Crippen molar-refractivity contribution in [2.24, 2.45) is 5.92 Å². The summed E-state index contributed by atoms with van der Waals surface area (Å²) < 4.78 is 0. The molecule has 1 aromatic carbocycles. The Balaban J connectivity index is 2.11. The van der Waals surface area contributed by atoms with E-state index in [0.29, 0.717) is 28.0 Å². The largest absolute Gasteiger partial charge is 0.368 e. The molecule has 20 heavy (non-hydrogen) atoms. The highest BCUT2D eigenvalue weighted by molar-refractivity contribution is 6.35. The van der Waals surface area contributed by atoms with E-state index in [2.05, 4.69) is 31.0 Å². The Hall–Kier alpha value is -0.440. The van der Waals surface area contributed by atoms with Crippen LogP contribution in [0.25, 0.3) is 0 Å². The lowest BCUT2D eigenvalue weighted by Crippen LogP contribution is -2.53. The number of anilines is 1. The third kappa shape index (κ3) is 3.60. The molecule has 1 aliphatic rings. The summed E-state index contributed by atoms with van der Waals surface area (Å²) >= 11 is 12.3. The predicted octanol–water partition coefficient (Wildman–Crippen LogP) is 4.60. The Labute approximate surface area is 132 Å². The number of rotatable bonds is 4. The van der Waals surface area contributed by atoms with E-state index in [1.807, 2.05) is 12.1 Å². The zero-order chi connectivity index (χ0) is 14.7. The lowest BCUT2D eigenvalue weighted by Gasteiger charge is -2.44. The van der Waals surface area contributed by atoms with Crippen LogP contribution >= 0.6 is 23.2 Å². The SMILES string of the molecule is CCCNC1CCN(c2cc(Cl)cc(Cl)c2)C(C)C1C. The van der Waals surface area contributed by atoms with E-state index in [1.54, 1.807) is 6.07 Å². The molecular weight excluding hydrogens is 291 g/mol. The van der Waals surface area contributed by atoms with E-state index >= 15 is 0 Å². The maximum atomic E-state index is 6.13. The van der Waals surface area contributed by atoms with E-state index in [4.69, 9.17) is 23.2 Å². The molecule has 1 aromatic rings. The van der Waals surface area contributed by atoms with Gasteiger partial charge in [0.1, 0.15) is 0 Å². The van der Waals surface area contributed by atoms with Gasteiger partial charge in [-0.1, -0.05) is 37.0 Å². The molecule has 0 bridgehead atoms. The molecule has 0 saturated carbocycles. The number of hydrogen-bond donors (Lipinski definition) is 1. The van der Waals surface area contributed by atoms with Crippen molar-refractivity contribution in [1.29, 1.82) is 0 Å². The minimum atomic E-state index is 0.479. The van der Waals surface area contributed by atoms with Gasteiger partial charge in [-0.15, -0.1) is 0 Å². The highest BCUT2D eigenvalue weighted by atomic mass is 35.5. The second-order valence-electron chi connectivity index (χ2n) is 5.77. The monoisotopic (exact) mass is 314 g/mol. The van der Waals surface area contributed by atoms with Gasteiger partial charge in [-0.25, -0.2) is 0 Å². The van der Waals surface area contributed by atoms with E-state index in [0.717, 1.165) is 25.2 Å². The third-order valence-electron chi connectivity index (χ3n) is 4.40. The van der Waals surface area contributed by atoms with Gasteiger partial charge in [-0.2, -0.15) is 0 Å². The molecule has 2 nitrogen and oxygen atoms in total. The zero-order valence-electron chi connectivity index (χ0n) is 12.5. The highest BCUT2D eigenvalue weighted by Gasteiger charge is 2.32. The summed E-state index contributed by atoms with van der Waals surface area (Å²) in [6.45, 7) is 8.98. The minimum absolute atomic E-state index is 0.479. The fraction of sp³-hybridized carbons (Fsp3) is 0.625. The summed E-state index contributed by atoms with van der Waals surface area (Å²) in [5.74, 6) is 0.605. The van der Waals surface area contributed by atoms with Crippen LogP contribution in [0.3, 0.4) is 0 Å². The summed E-state index contributed by atoms with van der Waals surface area (Å²) in [6.07, 6.45) is 2.35. The minimum Gasteiger partial charge on any atom is -0.368 e. The summed E-state index contributed by atoms with van der Waals surface area (Å²) in [4.78, 5) is 2.42. The van der Waals surface area contributed by atoms with Crippen LogP contribution in [0.2, 0.25) is 10.0 Å². The van der Waals surface area contributed by atoms with E-state index in [9.17, 15) is 0 Å². The molecule has 0 aliphatic carbocycles. The molecule has 1 fully saturated rings. The average molecular weight is 315 g/mol. The van der Waals surface area contributed by atoms with Gasteiger partial charge >= 0.3 is 0 Å². The maximum absolute atomic E-state index is 6.13. The van der Waals surface area contributed by atoms with Crippen molar-refractivity contribution in [1.82, 2.24) is 5.32 Å². The Bertz CT molecular complexity index is 430. The number of piperidine rings is 1. The van der Waals surface area contributed by atoms with E-state index < -0.39 is 0 Å². The summed E-state index contributed by atoms with van der Waals surface area (Å²) in [5, 5.41) is 5.08. The van der Waals surface area contributed by atoms with Gasteiger partial charge in [0, 0.05) is 34.4 Å². The summed E-state index contributed by atoms with van der Waals surface area (Å²) in [5.41, 5.74) is 1.13. The zero-order valence-corrected chi connectivity index (χ0v) is 14.0. The van der Waals surface area contributed by atoms with Crippen LogP contribution < -0.4 is 10.2 Å². The molecule has 3 unspecified atom stereocenters. The van der Waals surface area contributed by atoms with E-state index in [1.165, 1.54) is 6.42 Å². The number of nitrogens with one attached hydrogen (secondary N) is 1. The molecular formula is C16H24Cl2N2. The molecule has 112 valence electrons. The van der Waals surface area contributed by atoms with Gasteiger partial charge in [0.15, 0.2) is 0 Å². The van der Waals surface area contributed by atoms with Crippen LogP contribution in [0.15, 0.2) is 18.2 Å². The van der Waals surface area contributed by atoms with Crippen molar-refractivity contribution in [3.8, 4) is 0 Å². The van der Waals surface area contributed by atoms with Crippen LogP contribution in [-0.2, 0) is 0 Å². The Morgan fingerprint density at radius 1 is 1.20 bits per heavy atom. The van der Waals surface area contributed by atoms with Crippen LogP contribution in [0.4, 0.5) is 5.69 Å². The van der Waals surface area contributed by atoms with E-state index in [-0.39, 0.29) is 0 Å². The molecule has 0 aromatic heterocycles. The van der Waals surface area contributed by atoms with Gasteiger partial charge in [-0.05, 0) is 50.4 Å². The lowest BCUT2D eigenvalue weighted by atomic mass is 9.86. The van der Waals surface area contributed by atoms with Crippen molar-refractivity contribution < 1.29 is 0 Å². The van der Waals surface area contributed by atoms with Gasteiger partial charge in [0.05, 0.1) is 0 Å². The number of hydrogen-bond acceptors (Lipinski definition) is 2. The van der Waals surface area contributed by atoms with Crippen molar-refractivity contribution in [2.75, 3.05) is 18.0 Å². The summed E-state index contributed by atoms with van der Waals surface area (Å²) in [7, 11) is 0. The van der Waals surface area contributed by atoms with Crippen molar-refractivity contribution in [2.45, 2.75) is 45.7 Å². The van der Waals surface area contributed by atoms with Gasteiger partial charge in [-0.3, -0.25) is 0 Å². The number of benzene rings is 1. The molecule has 4 heteroatoms. The standard InChI is InChI=1S/C16H24Cl2N2/c1-4-6-19-16-5-7-20(12(3)11(16)2)15-9-13(17)8-14(18)10-15/h8-12,16,19H,4-7H2,1-3H3. The van der Waals surface area contributed by atoms with Crippen LogP contribution in [0, 0.1) is 5.92 Å². The molecule has 2 rings (SSSR count). The molecule has 3 atom stereocenters. The van der Waals surface area contributed by atoms with Gasteiger partial charge in [0.2, 0.25) is 0 Å². The lowest BCUT2D eigenvalue weighted by molar-refractivity contribution is 0.271. The second kappa shape index (κ2) is 7.02.